The molecule has 1 aliphatic heterocycles. The van der Waals surface area contributed by atoms with E-state index in [0.29, 0.717) is 5.92 Å². The molecule has 2 fully saturated rings. The van der Waals surface area contributed by atoms with E-state index in [-0.39, 0.29) is 18.2 Å². The van der Waals surface area contributed by atoms with E-state index in [9.17, 15) is 0 Å². The Morgan fingerprint density at radius 3 is 3.16 bits per heavy atom. The normalized spacial score (nSPS) is 32.9. The number of nitrogens with one attached hydrogen (secondary N) is 1. The van der Waals surface area contributed by atoms with Crippen LogP contribution in [0.1, 0.15) is 6.42 Å². The maximum absolute atomic E-state index is 6.21. The highest BCUT2D eigenvalue weighted by molar-refractivity contribution is 5.91. The van der Waals surface area contributed by atoms with E-state index in [4.69, 9.17) is 10.5 Å². The van der Waals surface area contributed by atoms with Gasteiger partial charge in [-0.2, -0.15) is 5.10 Å². The molecule has 19 heavy (non-hydrogen) atoms. The lowest BCUT2D eigenvalue weighted by Gasteiger charge is -2.45. The van der Waals surface area contributed by atoms with Gasteiger partial charge < -0.3 is 15.8 Å². The third-order valence-corrected chi connectivity index (χ3v) is 4.32. The molecule has 0 bridgehead atoms. The molecule has 1 aliphatic carbocycles. The summed E-state index contributed by atoms with van der Waals surface area (Å²) in [6.07, 6.45) is 3.08. The summed E-state index contributed by atoms with van der Waals surface area (Å²) >= 11 is 0. The van der Waals surface area contributed by atoms with Gasteiger partial charge in [0.05, 0.1) is 18.3 Å². The minimum atomic E-state index is 0.146. The van der Waals surface area contributed by atoms with Crippen LogP contribution >= 0.6 is 0 Å². The molecule has 3 N–H and O–H groups in total. The van der Waals surface area contributed by atoms with Crippen LogP contribution in [0.5, 0.6) is 0 Å². The molecule has 0 radical (unpaired) electrons. The molecule has 4 atom stereocenters. The molecule has 98 valence electrons. The Balaban J connectivity index is 1.65. The average Bonchev–Trinajstić information content (AvgIpc) is 2.89. The minimum Gasteiger partial charge on any atom is -0.376 e. The lowest BCUT2D eigenvalue weighted by molar-refractivity contribution is 0.00527. The van der Waals surface area contributed by atoms with Gasteiger partial charge in [0.2, 0.25) is 0 Å². The maximum atomic E-state index is 6.21. The van der Waals surface area contributed by atoms with Crippen molar-refractivity contribution in [3.63, 3.8) is 0 Å². The topological polar surface area (TPSA) is 73.1 Å². The third kappa shape index (κ3) is 1.62. The fraction of sp³-hybridized carbons (Fsp3) is 0.429. The van der Waals surface area contributed by atoms with Crippen molar-refractivity contribution in [3.8, 4) is 0 Å². The van der Waals surface area contributed by atoms with Gasteiger partial charge in [-0.3, -0.25) is 0 Å². The van der Waals surface area contributed by atoms with Crippen LogP contribution in [0, 0.1) is 5.92 Å². The van der Waals surface area contributed by atoms with E-state index in [0.717, 1.165) is 29.6 Å². The van der Waals surface area contributed by atoms with Crippen LogP contribution in [-0.2, 0) is 4.74 Å². The van der Waals surface area contributed by atoms with Gasteiger partial charge >= 0.3 is 0 Å². The number of nitrogens with two attached hydrogens (primary N) is 1. The Bertz CT molecular complexity index is 612. The zero-order valence-electron chi connectivity index (χ0n) is 10.5. The Hall–Kier alpha value is -1.72. The maximum Gasteiger partial charge on any atom is 0.156 e. The molecule has 1 saturated heterocycles. The first-order chi connectivity index (χ1) is 9.34. The summed E-state index contributed by atoms with van der Waals surface area (Å²) in [5, 5.41) is 13.8. The molecule has 1 saturated carbocycles. The standard InChI is InChI=1S/C14H16N4O/c15-11-10-5-6-19-13(10)12(11)17-14-9-4-2-1-3-8(9)7-16-18-14/h1-4,7,10-13H,5-6,15H2,(H,17,18). The first-order valence-corrected chi connectivity index (χ1v) is 6.69. The van der Waals surface area contributed by atoms with Crippen LogP contribution in [0.25, 0.3) is 10.8 Å². The van der Waals surface area contributed by atoms with Gasteiger partial charge in [0.15, 0.2) is 5.82 Å². The van der Waals surface area contributed by atoms with Gasteiger partial charge in [-0.15, -0.1) is 5.10 Å². The van der Waals surface area contributed by atoms with Crippen LogP contribution in [-0.4, -0.2) is 35.0 Å². The highest BCUT2D eigenvalue weighted by atomic mass is 16.5. The predicted octanol–water partition coefficient (Wildman–Crippen LogP) is 1.16. The molecule has 1 aromatic heterocycles. The van der Waals surface area contributed by atoms with Crippen LogP contribution < -0.4 is 11.1 Å². The number of rotatable bonds is 2. The number of fused-ring (bicyclic) bond motifs is 2. The van der Waals surface area contributed by atoms with Crippen molar-refractivity contribution in [2.45, 2.75) is 24.6 Å². The highest BCUT2D eigenvalue weighted by Crippen LogP contribution is 2.39. The fourth-order valence-corrected chi connectivity index (χ4v) is 3.22. The summed E-state index contributed by atoms with van der Waals surface area (Å²) < 4.78 is 5.73. The largest absolute Gasteiger partial charge is 0.376 e. The Morgan fingerprint density at radius 2 is 2.21 bits per heavy atom. The average molecular weight is 256 g/mol. The molecule has 2 heterocycles. The Morgan fingerprint density at radius 1 is 1.32 bits per heavy atom. The van der Waals surface area contributed by atoms with Crippen molar-refractivity contribution in [3.05, 3.63) is 30.5 Å². The number of benzene rings is 1. The SMILES string of the molecule is NC1C2CCOC2C1Nc1nncc2ccccc12. The second kappa shape index (κ2) is 4.15. The first-order valence-electron chi connectivity index (χ1n) is 6.69. The fourth-order valence-electron chi connectivity index (χ4n) is 3.22. The summed E-state index contributed by atoms with van der Waals surface area (Å²) in [5.41, 5.74) is 6.21. The van der Waals surface area contributed by atoms with Crippen LogP contribution in [0.3, 0.4) is 0 Å². The lowest BCUT2D eigenvalue weighted by Crippen LogP contribution is -2.65. The van der Waals surface area contributed by atoms with E-state index in [1.807, 2.05) is 24.3 Å². The van der Waals surface area contributed by atoms with E-state index in [1.54, 1.807) is 6.20 Å². The van der Waals surface area contributed by atoms with Crippen molar-refractivity contribution in [2.24, 2.45) is 11.7 Å². The summed E-state index contributed by atoms with van der Waals surface area (Å²) in [4.78, 5) is 0. The zero-order chi connectivity index (χ0) is 12.8. The summed E-state index contributed by atoms with van der Waals surface area (Å²) in [5.74, 6) is 1.30. The molecule has 4 unspecified atom stereocenters. The van der Waals surface area contributed by atoms with E-state index >= 15 is 0 Å². The highest BCUT2D eigenvalue weighted by Gasteiger charge is 2.52. The molecular weight excluding hydrogens is 240 g/mol. The van der Waals surface area contributed by atoms with Crippen molar-refractivity contribution in [1.29, 1.82) is 0 Å². The number of hydrogen-bond acceptors (Lipinski definition) is 5. The molecule has 1 aromatic carbocycles. The molecule has 2 aromatic rings. The number of hydrogen-bond donors (Lipinski definition) is 2. The van der Waals surface area contributed by atoms with Crippen molar-refractivity contribution in [1.82, 2.24) is 10.2 Å². The number of nitrogens with zero attached hydrogens (tertiary/aromatic N) is 2. The van der Waals surface area contributed by atoms with Gasteiger partial charge in [-0.1, -0.05) is 24.3 Å². The molecular formula is C14H16N4O. The number of aromatic nitrogens is 2. The van der Waals surface area contributed by atoms with Gasteiger partial charge in [-0.05, 0) is 6.42 Å². The van der Waals surface area contributed by atoms with Gasteiger partial charge in [0.25, 0.3) is 0 Å². The smallest absolute Gasteiger partial charge is 0.156 e. The summed E-state index contributed by atoms with van der Waals surface area (Å²) in [6, 6.07) is 8.37. The quantitative estimate of drug-likeness (QED) is 0.843. The van der Waals surface area contributed by atoms with E-state index < -0.39 is 0 Å². The van der Waals surface area contributed by atoms with Crippen molar-refractivity contribution >= 4 is 16.6 Å². The number of ether oxygens (including phenoxy) is 1. The monoisotopic (exact) mass is 256 g/mol. The molecule has 0 amide bonds. The lowest BCUT2D eigenvalue weighted by atomic mass is 9.72. The second-order valence-corrected chi connectivity index (χ2v) is 5.32. The Labute approximate surface area is 111 Å². The van der Waals surface area contributed by atoms with Crippen molar-refractivity contribution in [2.75, 3.05) is 11.9 Å². The Kier molecular flexibility index (Phi) is 2.43. The van der Waals surface area contributed by atoms with Gasteiger partial charge in [0.1, 0.15) is 0 Å². The molecule has 2 aliphatic rings. The van der Waals surface area contributed by atoms with Crippen LogP contribution in [0.2, 0.25) is 0 Å². The summed E-state index contributed by atoms with van der Waals surface area (Å²) in [6.45, 7) is 0.822. The molecule has 5 heteroatoms. The van der Waals surface area contributed by atoms with Crippen LogP contribution in [0.15, 0.2) is 30.5 Å². The zero-order valence-corrected chi connectivity index (χ0v) is 10.5. The summed E-state index contributed by atoms with van der Waals surface area (Å²) in [7, 11) is 0. The van der Waals surface area contributed by atoms with E-state index in [2.05, 4.69) is 15.5 Å². The molecule has 5 nitrogen and oxygen atoms in total. The second-order valence-electron chi connectivity index (χ2n) is 5.32. The minimum absolute atomic E-state index is 0.146. The number of anilines is 1. The predicted molar refractivity (Wildman–Crippen MR) is 72.8 cm³/mol. The molecule has 0 spiro atoms. The van der Waals surface area contributed by atoms with E-state index in [1.165, 1.54) is 0 Å². The van der Waals surface area contributed by atoms with Gasteiger partial charge in [0, 0.05) is 29.3 Å². The first kappa shape index (κ1) is 11.1. The molecule has 4 rings (SSSR count). The van der Waals surface area contributed by atoms with Crippen molar-refractivity contribution < 1.29 is 4.74 Å². The van der Waals surface area contributed by atoms with Crippen LogP contribution in [0.4, 0.5) is 5.82 Å². The van der Waals surface area contributed by atoms with Gasteiger partial charge in [-0.25, -0.2) is 0 Å². The third-order valence-electron chi connectivity index (χ3n) is 4.32.